The van der Waals surface area contributed by atoms with Crippen LogP contribution in [0.5, 0.6) is 0 Å². The molecule has 1 aliphatic heterocycles. The van der Waals surface area contributed by atoms with Gasteiger partial charge in [0.2, 0.25) is 0 Å². The number of halogens is 5. The summed E-state index contributed by atoms with van der Waals surface area (Å²) in [6, 6.07) is 8.20. The smallest absolute Gasteiger partial charge is 0.463 e. The van der Waals surface area contributed by atoms with Gasteiger partial charge in [-0.15, -0.1) is 5.57 Å². The Labute approximate surface area is 240 Å². The van der Waals surface area contributed by atoms with Gasteiger partial charge in [-0.05, 0) is 43.5 Å². The molecule has 178 valence electrons. The third kappa shape index (κ3) is 7.55. The maximum atomic E-state index is 13.7. The molecule has 3 rings (SSSR count). The Morgan fingerprint density at radius 2 is 1.74 bits per heavy atom. The van der Waals surface area contributed by atoms with Gasteiger partial charge in [0.1, 0.15) is 0 Å². The van der Waals surface area contributed by atoms with Crippen LogP contribution in [0.2, 0.25) is 0 Å². The van der Waals surface area contributed by atoms with Crippen LogP contribution in [-0.4, -0.2) is 35.2 Å². The van der Waals surface area contributed by atoms with Crippen LogP contribution in [0.4, 0.5) is 33.3 Å². The number of piperidine rings is 1. The van der Waals surface area contributed by atoms with E-state index in [0.717, 1.165) is 29.9 Å². The van der Waals surface area contributed by atoms with E-state index >= 15 is 0 Å². The first kappa shape index (κ1) is 28.8. The number of anilines is 2. The van der Waals surface area contributed by atoms with Gasteiger partial charge in [0, 0.05) is 43.5 Å². The maximum absolute atomic E-state index is 13.7. The van der Waals surface area contributed by atoms with Gasteiger partial charge in [0.25, 0.3) is 5.92 Å². The largest absolute Gasteiger partial charge is 1.00 e. The molecule has 0 N–H and O–H groups in total. The molecule has 2 aromatic rings. The monoisotopic (exact) mass is 502 g/mol. The molecule has 0 amide bonds. The van der Waals surface area contributed by atoms with Crippen molar-refractivity contribution < 1.29 is 73.3 Å². The topological polar surface area (TPSA) is 19.4 Å². The first-order chi connectivity index (χ1) is 15.5. The second-order valence-electron chi connectivity index (χ2n) is 8.17. The molecule has 2 heterocycles. The number of hydrogen-bond donors (Lipinski definition) is 0. The van der Waals surface area contributed by atoms with Crippen LogP contribution in [0.15, 0.2) is 60.5 Å². The first-order valence-electron chi connectivity index (χ1n) is 10.6. The number of pyridine rings is 1. The van der Waals surface area contributed by atoms with Crippen LogP contribution in [-0.2, 0) is 5.92 Å². The van der Waals surface area contributed by atoms with E-state index in [1.807, 2.05) is 17.9 Å². The Bertz CT molecular complexity index is 989. The number of aryl methyl sites for hydroxylation is 1. The zero-order valence-corrected chi connectivity index (χ0v) is 22.7. The van der Waals surface area contributed by atoms with Crippen molar-refractivity contribution in [3.05, 3.63) is 84.7 Å². The Balaban J connectivity index is 0.00000408. The minimum Gasteiger partial charge on any atom is -0.463 e. The van der Waals surface area contributed by atoms with Crippen molar-refractivity contribution in [2.75, 3.05) is 18.0 Å². The third-order valence-corrected chi connectivity index (χ3v) is 5.66. The molecule has 0 spiro atoms. The van der Waals surface area contributed by atoms with Crippen molar-refractivity contribution in [3.8, 4) is 0 Å². The average Bonchev–Trinajstić information content (AvgIpc) is 2.75. The SMILES string of the molecule is [CH2-]/C(=C\C=[C-]N1CCC(N(c2ccc(C(C)(F)F)cc2)c2cnccc2C)CC1)C(F)(F)F.[K+]. The molecule has 3 nitrogen and oxygen atoms in total. The molecule has 0 unspecified atom stereocenters. The molecule has 0 saturated carbocycles. The van der Waals surface area contributed by atoms with Crippen LogP contribution in [0.25, 0.3) is 0 Å². The number of allylic oxidation sites excluding steroid dienone is 3. The summed E-state index contributed by atoms with van der Waals surface area (Å²) in [5.74, 6) is -2.92. The summed E-state index contributed by atoms with van der Waals surface area (Å²) in [7, 11) is 0. The normalized spacial score (nSPS) is 16.0. The number of rotatable bonds is 6. The van der Waals surface area contributed by atoms with Crippen LogP contribution in [0.1, 0.15) is 30.9 Å². The van der Waals surface area contributed by atoms with Crippen molar-refractivity contribution in [2.24, 2.45) is 0 Å². The van der Waals surface area contributed by atoms with Crippen LogP contribution in [0, 0.1) is 20.0 Å². The van der Waals surface area contributed by atoms with Crippen molar-refractivity contribution in [2.45, 2.75) is 44.8 Å². The second-order valence-corrected chi connectivity index (χ2v) is 8.17. The summed E-state index contributed by atoms with van der Waals surface area (Å²) in [5.41, 5.74) is 1.70. The number of hydrogen-bond acceptors (Lipinski definition) is 3. The molecule has 0 atom stereocenters. The summed E-state index contributed by atoms with van der Waals surface area (Å²) in [4.78, 5) is 8.19. The molecule has 1 saturated heterocycles. The molecule has 1 aromatic heterocycles. The molecule has 1 aromatic carbocycles. The van der Waals surface area contributed by atoms with Gasteiger partial charge in [0.15, 0.2) is 0 Å². The van der Waals surface area contributed by atoms with E-state index in [9.17, 15) is 22.0 Å². The Hall–Kier alpha value is -1.39. The number of aromatic nitrogens is 1. The van der Waals surface area contributed by atoms with E-state index < -0.39 is 17.7 Å². The predicted molar refractivity (Wildman–Crippen MR) is 119 cm³/mol. The number of nitrogens with zero attached hydrogens (tertiary/aromatic N) is 3. The quantitative estimate of drug-likeness (QED) is 0.260. The van der Waals surface area contributed by atoms with Crippen molar-refractivity contribution in [3.63, 3.8) is 0 Å². The molecule has 0 bridgehead atoms. The summed E-state index contributed by atoms with van der Waals surface area (Å²) >= 11 is 0. The Morgan fingerprint density at radius 1 is 1.12 bits per heavy atom. The van der Waals surface area contributed by atoms with Crippen molar-refractivity contribution >= 4 is 11.4 Å². The molecular formula is C25H26F5KN3-. The number of benzene rings is 1. The van der Waals surface area contributed by atoms with Gasteiger partial charge >= 0.3 is 57.6 Å². The molecule has 34 heavy (non-hydrogen) atoms. The molecule has 0 radical (unpaired) electrons. The fraction of sp³-hybridized carbons (Fsp3) is 0.360. The van der Waals surface area contributed by atoms with E-state index in [4.69, 9.17) is 0 Å². The maximum Gasteiger partial charge on any atom is 1.00 e. The van der Waals surface area contributed by atoms with Crippen molar-refractivity contribution in [1.82, 2.24) is 9.88 Å². The standard InChI is InChI=1S/C25H26F5N3.K/c1-18-10-13-31-17-23(18)33(21-8-6-20(7-9-21)24(3,26)27)22-11-15-32(16-12-22)14-4-5-19(2)25(28,29)30;/h4-10,13,17,22H,2,11-12,15-16H2,1,3H3;/q-2;+1/b19-5+;. The van der Waals surface area contributed by atoms with Gasteiger partial charge in [-0.3, -0.25) is 4.98 Å². The fourth-order valence-electron chi connectivity index (χ4n) is 3.76. The number of alkyl halides is 5. The average molecular weight is 503 g/mol. The Kier molecular flexibility index (Phi) is 10.2. The van der Waals surface area contributed by atoms with E-state index in [0.29, 0.717) is 25.9 Å². The third-order valence-electron chi connectivity index (χ3n) is 5.66. The molecule has 0 aliphatic carbocycles. The van der Waals surface area contributed by atoms with E-state index in [1.165, 1.54) is 18.2 Å². The number of likely N-dealkylation sites (tertiary alicyclic amines) is 1. The summed E-state index contributed by atoms with van der Waals surface area (Å²) in [6.45, 7) is 7.03. The second kappa shape index (κ2) is 12.0. The Morgan fingerprint density at radius 3 is 2.26 bits per heavy atom. The van der Waals surface area contributed by atoms with Gasteiger partial charge < -0.3 is 9.80 Å². The van der Waals surface area contributed by atoms with Crippen molar-refractivity contribution in [1.29, 1.82) is 0 Å². The minimum absolute atomic E-state index is 0. The van der Waals surface area contributed by atoms with E-state index in [2.05, 4.69) is 23.0 Å². The van der Waals surface area contributed by atoms with E-state index in [1.54, 1.807) is 24.5 Å². The first-order valence-corrected chi connectivity index (χ1v) is 10.6. The van der Waals surface area contributed by atoms with Gasteiger partial charge in [0.05, 0.1) is 11.9 Å². The summed E-state index contributed by atoms with van der Waals surface area (Å²) in [6.07, 6.45) is 5.44. The predicted octanol–water partition coefficient (Wildman–Crippen LogP) is 3.75. The van der Waals surface area contributed by atoms with E-state index in [-0.39, 0.29) is 63.0 Å². The zero-order chi connectivity index (χ0) is 24.2. The van der Waals surface area contributed by atoms with Gasteiger partial charge in [-0.1, -0.05) is 12.1 Å². The van der Waals surface area contributed by atoms with Gasteiger partial charge in [-0.25, -0.2) is 27.9 Å². The molecular weight excluding hydrogens is 476 g/mol. The van der Waals surface area contributed by atoms with Crippen LogP contribution >= 0.6 is 0 Å². The fourth-order valence-corrected chi connectivity index (χ4v) is 3.76. The summed E-state index contributed by atoms with van der Waals surface area (Å²) < 4.78 is 65.0. The molecule has 1 fully saturated rings. The molecule has 9 heteroatoms. The van der Waals surface area contributed by atoms with Crippen LogP contribution in [0.3, 0.4) is 0 Å². The molecule has 1 aliphatic rings. The van der Waals surface area contributed by atoms with Crippen LogP contribution < -0.4 is 56.3 Å². The zero-order valence-electron chi connectivity index (χ0n) is 19.5. The van der Waals surface area contributed by atoms with Gasteiger partial charge in [-0.2, -0.15) is 19.4 Å². The minimum atomic E-state index is -4.45. The summed E-state index contributed by atoms with van der Waals surface area (Å²) in [5, 5.41) is 0.